The lowest BCUT2D eigenvalue weighted by Gasteiger charge is -2.35. The van der Waals surface area contributed by atoms with Crippen molar-refractivity contribution >= 4 is 23.1 Å². The first-order valence-corrected chi connectivity index (χ1v) is 15.0. The smallest absolute Gasteiger partial charge is 0.294 e. The fraction of sp³-hybridized carbons (Fsp3) is 0.171. The summed E-state index contributed by atoms with van der Waals surface area (Å²) in [6, 6.07) is 17.7. The number of aliphatic hydroxyl groups is 1. The number of pyridine rings is 1. The number of rotatable bonds is 9. The molecule has 0 unspecified atom stereocenters. The van der Waals surface area contributed by atoms with E-state index >= 15 is 0 Å². The predicted octanol–water partition coefficient (Wildman–Crippen LogP) is 4.30. The quantitative estimate of drug-likeness (QED) is 0.143. The summed E-state index contributed by atoms with van der Waals surface area (Å²) in [6.07, 6.45) is 5.07. The molecule has 6 rings (SSSR count). The van der Waals surface area contributed by atoms with Gasteiger partial charge in [-0.25, -0.2) is 22.8 Å². The molecule has 1 fully saturated rings. The molecule has 244 valence electrons. The van der Waals surface area contributed by atoms with Crippen LogP contribution in [-0.4, -0.2) is 67.2 Å². The Labute approximate surface area is 272 Å². The molecular formula is C35H29F3N6O4. The number of carbonyl (C=O) groups excluding carboxylic acids is 2. The molecule has 2 aromatic heterocycles. The van der Waals surface area contributed by atoms with Gasteiger partial charge >= 0.3 is 0 Å². The van der Waals surface area contributed by atoms with E-state index in [1.807, 2.05) is 24.3 Å². The summed E-state index contributed by atoms with van der Waals surface area (Å²) in [5.74, 6) is -4.79. The Kier molecular flexibility index (Phi) is 9.19. The van der Waals surface area contributed by atoms with Crippen LogP contribution in [0.2, 0.25) is 0 Å². The minimum atomic E-state index is -1.03. The van der Waals surface area contributed by atoms with E-state index in [4.69, 9.17) is 0 Å². The summed E-state index contributed by atoms with van der Waals surface area (Å²) in [6.45, 7) is 1.19. The lowest BCUT2D eigenvalue weighted by atomic mass is 10.0. The summed E-state index contributed by atoms with van der Waals surface area (Å²) < 4.78 is 45.0. The number of carbonyl (C=O) groups is 2. The van der Waals surface area contributed by atoms with Crippen LogP contribution in [0, 0.1) is 17.5 Å². The van der Waals surface area contributed by atoms with E-state index in [0.29, 0.717) is 24.7 Å². The zero-order valence-electron chi connectivity index (χ0n) is 25.5. The van der Waals surface area contributed by atoms with Crippen molar-refractivity contribution in [3.05, 3.63) is 148 Å². The Morgan fingerprint density at radius 1 is 0.854 bits per heavy atom. The van der Waals surface area contributed by atoms with Crippen molar-refractivity contribution in [3.63, 3.8) is 0 Å². The van der Waals surface area contributed by atoms with Crippen molar-refractivity contribution in [2.75, 3.05) is 31.1 Å². The van der Waals surface area contributed by atoms with Crippen molar-refractivity contribution in [1.82, 2.24) is 24.2 Å². The van der Waals surface area contributed by atoms with Crippen molar-refractivity contribution in [2.45, 2.75) is 13.0 Å². The number of anilines is 1. The van der Waals surface area contributed by atoms with Crippen LogP contribution in [0.1, 0.15) is 22.3 Å². The summed E-state index contributed by atoms with van der Waals surface area (Å²) in [5.41, 5.74) is 1.45. The lowest BCUT2D eigenvalue weighted by Crippen LogP contribution is -2.50. The molecule has 10 nitrogen and oxygen atoms in total. The van der Waals surface area contributed by atoms with Crippen LogP contribution >= 0.6 is 0 Å². The molecular weight excluding hydrogens is 625 g/mol. The third-order valence-electron chi connectivity index (χ3n) is 7.99. The molecule has 0 aliphatic carbocycles. The first-order valence-electron chi connectivity index (χ1n) is 15.0. The second-order valence-electron chi connectivity index (χ2n) is 11.3. The normalized spacial score (nSPS) is 13.5. The number of benzene rings is 3. The molecule has 3 aromatic carbocycles. The second-order valence-corrected chi connectivity index (χ2v) is 11.3. The molecule has 1 amide bonds. The van der Waals surface area contributed by atoms with Crippen LogP contribution in [0.25, 0.3) is 11.4 Å². The maximum absolute atomic E-state index is 14.5. The van der Waals surface area contributed by atoms with E-state index in [9.17, 15) is 32.7 Å². The van der Waals surface area contributed by atoms with Crippen LogP contribution in [0.5, 0.6) is 0 Å². The zero-order chi connectivity index (χ0) is 33.8. The molecule has 1 N–H and O–H groups in total. The fourth-order valence-electron chi connectivity index (χ4n) is 5.60. The third-order valence-corrected chi connectivity index (χ3v) is 7.99. The Balaban J connectivity index is 1.19. The van der Waals surface area contributed by atoms with Crippen LogP contribution in [0.15, 0.2) is 103 Å². The van der Waals surface area contributed by atoms with E-state index in [0.717, 1.165) is 34.1 Å². The number of ketones is 1. The topological polar surface area (TPSA) is 114 Å². The summed E-state index contributed by atoms with van der Waals surface area (Å²) in [5, 5.41) is 15.1. The number of aliphatic hydroxyl groups excluding tert-OH is 1. The maximum Gasteiger partial charge on any atom is 0.294 e. The van der Waals surface area contributed by atoms with Crippen molar-refractivity contribution in [3.8, 4) is 5.69 Å². The zero-order valence-corrected chi connectivity index (χ0v) is 25.5. The van der Waals surface area contributed by atoms with Crippen molar-refractivity contribution in [1.29, 1.82) is 0 Å². The van der Waals surface area contributed by atoms with E-state index in [1.165, 1.54) is 41.7 Å². The standard InChI is InChI=1S/C35H29F3N6O4/c36-26-14-23(15-27(37)17-26)13-24-16-30(34(47)43(19-24)20-25-3-1-2-4-31(25)38)32(45)18-33(46)35(48)42-11-9-41(10-12-42)28-5-7-29(8-6-28)44-22-39-21-40-44/h1-8,14-19,21-22,45H,9-13,20H2. The molecule has 0 radical (unpaired) electrons. The van der Waals surface area contributed by atoms with Gasteiger partial charge in [-0.3, -0.25) is 14.4 Å². The minimum Gasteiger partial charge on any atom is -0.507 e. The SMILES string of the molecule is O=C(C=C(O)c1cc(Cc2cc(F)cc(F)c2)cn(Cc2ccccc2F)c1=O)C(=O)N1CCN(c2ccc(-n3cncn3)cc2)CC1. The number of amides is 1. The van der Waals surface area contributed by atoms with Crippen molar-refractivity contribution in [2.24, 2.45) is 0 Å². The van der Waals surface area contributed by atoms with Gasteiger partial charge < -0.3 is 19.5 Å². The highest BCUT2D eigenvalue weighted by Crippen LogP contribution is 2.20. The second kappa shape index (κ2) is 13.8. The highest BCUT2D eigenvalue weighted by molar-refractivity contribution is 6.41. The number of hydrogen-bond acceptors (Lipinski definition) is 7. The van der Waals surface area contributed by atoms with Gasteiger partial charge in [0, 0.05) is 55.8 Å². The average molecular weight is 655 g/mol. The predicted molar refractivity (Wildman–Crippen MR) is 171 cm³/mol. The minimum absolute atomic E-state index is 0.0488. The lowest BCUT2D eigenvalue weighted by molar-refractivity contribution is -0.142. The number of aromatic nitrogens is 4. The molecule has 13 heteroatoms. The molecule has 1 aliphatic heterocycles. The van der Waals surface area contributed by atoms with E-state index in [2.05, 4.69) is 15.0 Å². The third kappa shape index (κ3) is 7.20. The Morgan fingerprint density at radius 2 is 1.54 bits per heavy atom. The van der Waals surface area contributed by atoms with Crippen molar-refractivity contribution < 1.29 is 27.9 Å². The van der Waals surface area contributed by atoms with Gasteiger partial charge in [0.1, 0.15) is 35.9 Å². The van der Waals surface area contributed by atoms with E-state index in [1.54, 1.807) is 17.1 Å². The molecule has 3 heterocycles. The van der Waals surface area contributed by atoms with Gasteiger partial charge in [0.05, 0.1) is 17.8 Å². The summed E-state index contributed by atoms with van der Waals surface area (Å²) in [4.78, 5) is 46.9. The molecule has 0 atom stereocenters. The molecule has 5 aromatic rings. The number of halogens is 3. The Morgan fingerprint density at radius 3 is 2.21 bits per heavy atom. The summed E-state index contributed by atoms with van der Waals surface area (Å²) in [7, 11) is 0. The number of hydrogen-bond donors (Lipinski definition) is 1. The summed E-state index contributed by atoms with van der Waals surface area (Å²) >= 11 is 0. The van der Waals surface area contributed by atoms with Crippen LogP contribution in [0.3, 0.4) is 0 Å². The maximum atomic E-state index is 14.5. The molecule has 1 saturated heterocycles. The molecule has 48 heavy (non-hydrogen) atoms. The van der Waals surface area contributed by atoms with E-state index in [-0.39, 0.29) is 42.7 Å². The highest BCUT2D eigenvalue weighted by Gasteiger charge is 2.26. The first-order chi connectivity index (χ1) is 23.1. The number of piperazine rings is 1. The van der Waals surface area contributed by atoms with E-state index < -0.39 is 40.5 Å². The monoisotopic (exact) mass is 654 g/mol. The molecule has 0 spiro atoms. The Hall–Kier alpha value is -5.98. The molecule has 1 aliphatic rings. The highest BCUT2D eigenvalue weighted by atomic mass is 19.1. The van der Waals surface area contributed by atoms with Gasteiger partial charge in [-0.05, 0) is 66.1 Å². The van der Waals surface area contributed by atoms with Crippen LogP contribution in [-0.2, 0) is 22.6 Å². The van der Waals surface area contributed by atoms with Gasteiger partial charge in [0.15, 0.2) is 0 Å². The molecule has 0 bridgehead atoms. The van der Waals surface area contributed by atoms with Gasteiger partial charge in [0.25, 0.3) is 11.5 Å². The first kappa shape index (κ1) is 32.0. The largest absolute Gasteiger partial charge is 0.507 e. The van der Waals surface area contributed by atoms with Gasteiger partial charge in [-0.2, -0.15) is 5.10 Å². The van der Waals surface area contributed by atoms with Crippen LogP contribution < -0.4 is 10.5 Å². The number of nitrogens with zero attached hydrogens (tertiary/aromatic N) is 6. The Bertz CT molecular complexity index is 2030. The fourth-order valence-corrected chi connectivity index (χ4v) is 5.60. The average Bonchev–Trinajstić information content (AvgIpc) is 3.62. The van der Waals surface area contributed by atoms with Gasteiger partial charge in [-0.15, -0.1) is 0 Å². The van der Waals surface area contributed by atoms with Crippen LogP contribution in [0.4, 0.5) is 18.9 Å². The van der Waals surface area contributed by atoms with Gasteiger partial charge in [-0.1, -0.05) is 18.2 Å². The van der Waals surface area contributed by atoms with Gasteiger partial charge in [0.2, 0.25) is 5.78 Å². The molecule has 0 saturated carbocycles.